The number of aromatic nitrogens is 3. The van der Waals surface area contributed by atoms with Crippen LogP contribution in [0.3, 0.4) is 0 Å². The number of aromatic hydroxyl groups is 1. The number of fused-ring (bicyclic) bond motifs is 4. The topological polar surface area (TPSA) is 45.9 Å². The van der Waals surface area contributed by atoms with Crippen LogP contribution in [0.5, 0.6) is 5.88 Å². The molecule has 0 radical (unpaired) electrons. The lowest BCUT2D eigenvalue weighted by atomic mass is 9.93. The zero-order valence-electron chi connectivity index (χ0n) is 17.3. The molecule has 0 amide bonds. The normalized spacial score (nSPS) is 15.0. The van der Waals surface area contributed by atoms with Gasteiger partial charge in [0.1, 0.15) is 6.04 Å². The quantitative estimate of drug-likeness (QED) is 0.284. The number of H-pyrrole nitrogens is 1. The summed E-state index contributed by atoms with van der Waals surface area (Å²) in [5, 5.41) is 13.3. The number of nitrogens with one attached hydrogen (secondary N) is 1. The number of hydrogen-bond acceptors (Lipinski definition) is 2. The Labute approximate surface area is 195 Å². The van der Waals surface area contributed by atoms with Gasteiger partial charge in [-0.2, -0.15) is 0 Å². The van der Waals surface area contributed by atoms with Crippen LogP contribution in [0, 0.1) is 11.7 Å². The fourth-order valence-corrected chi connectivity index (χ4v) is 5.55. The maximum atomic E-state index is 11.4. The van der Waals surface area contributed by atoms with Crippen LogP contribution in [0.25, 0.3) is 16.6 Å². The van der Waals surface area contributed by atoms with Crippen LogP contribution in [0.15, 0.2) is 72.8 Å². The predicted molar refractivity (Wildman–Crippen MR) is 131 cm³/mol. The molecule has 2 N–H and O–H groups in total. The first-order valence-corrected chi connectivity index (χ1v) is 11.3. The van der Waals surface area contributed by atoms with E-state index < -0.39 is 0 Å². The van der Waals surface area contributed by atoms with Crippen molar-refractivity contribution in [3.8, 4) is 11.6 Å². The summed E-state index contributed by atoms with van der Waals surface area (Å²) in [5.74, 6) is 0.187. The van der Waals surface area contributed by atoms with Crippen LogP contribution in [-0.4, -0.2) is 19.2 Å². The molecule has 3 heterocycles. The van der Waals surface area contributed by atoms with Crippen LogP contribution < -0.4 is 0 Å². The van der Waals surface area contributed by atoms with Crippen molar-refractivity contribution in [2.75, 3.05) is 0 Å². The summed E-state index contributed by atoms with van der Waals surface area (Å²) in [7, 11) is 0. The summed E-state index contributed by atoms with van der Waals surface area (Å²) in [5.41, 5.74) is 7.09. The third kappa shape index (κ3) is 2.71. The molecule has 0 spiro atoms. The Morgan fingerprint density at radius 3 is 2.62 bits per heavy atom. The second-order valence-electron chi connectivity index (χ2n) is 8.24. The molecule has 0 bridgehead atoms. The van der Waals surface area contributed by atoms with Gasteiger partial charge in [-0.15, -0.1) is 0 Å². The SMILES string of the molecule is Cc1ccccc1-n1c(O)c2n(c1=S)C(c1cccc(Cl)c1)c1[nH]c3ccccc3c1C2. The number of nitrogens with zero attached hydrogens (tertiary/aromatic N) is 2. The number of para-hydroxylation sites is 2. The van der Waals surface area contributed by atoms with Crippen molar-refractivity contribution in [2.24, 2.45) is 0 Å². The minimum atomic E-state index is -0.219. The molecule has 1 aliphatic heterocycles. The fraction of sp³-hybridized carbons (Fsp3) is 0.115. The van der Waals surface area contributed by atoms with E-state index in [4.69, 9.17) is 23.8 Å². The standard InChI is InChI=1S/C26H20ClN3OS/c1-15-7-2-5-12-21(15)30-25(31)22-14-19-18-10-3-4-11-20(18)28-23(19)24(29(22)26(30)32)16-8-6-9-17(27)13-16/h2-13,24,28,31H,14H2,1H3. The Morgan fingerprint density at radius 2 is 1.81 bits per heavy atom. The maximum Gasteiger partial charge on any atom is 0.218 e. The number of rotatable bonds is 2. The lowest BCUT2D eigenvalue weighted by molar-refractivity contribution is 0.433. The smallest absolute Gasteiger partial charge is 0.218 e. The van der Waals surface area contributed by atoms with Gasteiger partial charge in [-0.3, -0.25) is 4.57 Å². The fourth-order valence-electron chi connectivity index (χ4n) is 4.95. The average molecular weight is 458 g/mol. The van der Waals surface area contributed by atoms with Crippen molar-refractivity contribution >= 4 is 34.7 Å². The van der Waals surface area contributed by atoms with Crippen LogP contribution in [0.2, 0.25) is 5.02 Å². The van der Waals surface area contributed by atoms with Gasteiger partial charge in [0.2, 0.25) is 5.88 Å². The van der Waals surface area contributed by atoms with Gasteiger partial charge in [0.25, 0.3) is 0 Å². The van der Waals surface area contributed by atoms with Gasteiger partial charge < -0.3 is 14.7 Å². The molecule has 6 heteroatoms. The van der Waals surface area contributed by atoms with Crippen LogP contribution >= 0.6 is 23.8 Å². The molecule has 4 nitrogen and oxygen atoms in total. The Balaban J connectivity index is 1.69. The highest BCUT2D eigenvalue weighted by Crippen LogP contribution is 2.43. The second kappa shape index (κ2) is 7.12. The first-order chi connectivity index (χ1) is 15.5. The molecular formula is C26H20ClN3OS. The van der Waals surface area contributed by atoms with Gasteiger partial charge >= 0.3 is 0 Å². The number of halogens is 1. The summed E-state index contributed by atoms with van der Waals surface area (Å²) < 4.78 is 4.41. The zero-order valence-corrected chi connectivity index (χ0v) is 18.9. The van der Waals surface area contributed by atoms with Gasteiger partial charge in [0.15, 0.2) is 4.77 Å². The van der Waals surface area contributed by atoms with Crippen molar-refractivity contribution in [1.82, 2.24) is 14.1 Å². The molecule has 158 valence electrons. The highest BCUT2D eigenvalue weighted by atomic mass is 35.5. The number of hydrogen-bond donors (Lipinski definition) is 2. The minimum Gasteiger partial charge on any atom is -0.493 e. The molecule has 1 atom stereocenters. The lowest BCUT2D eigenvalue weighted by Gasteiger charge is -2.26. The Kier molecular flexibility index (Phi) is 4.32. The van der Waals surface area contributed by atoms with E-state index in [1.165, 1.54) is 5.56 Å². The Hall–Kier alpha value is -3.28. The summed E-state index contributed by atoms with van der Waals surface area (Å²) in [6.07, 6.45) is 0.588. The minimum absolute atomic E-state index is 0.187. The van der Waals surface area contributed by atoms with Crippen molar-refractivity contribution in [2.45, 2.75) is 19.4 Å². The highest BCUT2D eigenvalue weighted by Gasteiger charge is 2.34. The van der Waals surface area contributed by atoms with Gasteiger partial charge in [-0.1, -0.05) is 60.1 Å². The molecule has 5 aromatic rings. The van der Waals surface area contributed by atoms with E-state index in [0.717, 1.165) is 39.1 Å². The first kappa shape index (κ1) is 19.4. The van der Waals surface area contributed by atoms with E-state index in [-0.39, 0.29) is 11.9 Å². The highest BCUT2D eigenvalue weighted by molar-refractivity contribution is 7.71. The van der Waals surface area contributed by atoms with Crippen LogP contribution in [0.1, 0.15) is 34.1 Å². The molecule has 6 rings (SSSR count). The second-order valence-corrected chi connectivity index (χ2v) is 9.04. The summed E-state index contributed by atoms with van der Waals surface area (Å²) >= 11 is 12.4. The van der Waals surface area contributed by atoms with Crippen molar-refractivity contribution in [3.63, 3.8) is 0 Å². The number of aromatic amines is 1. The zero-order chi connectivity index (χ0) is 22.0. The largest absolute Gasteiger partial charge is 0.493 e. The van der Waals surface area contributed by atoms with Crippen LogP contribution in [-0.2, 0) is 6.42 Å². The summed E-state index contributed by atoms with van der Waals surface area (Å²) in [4.78, 5) is 3.63. The van der Waals surface area contributed by atoms with E-state index in [2.05, 4.69) is 27.8 Å². The van der Waals surface area contributed by atoms with E-state index in [0.29, 0.717) is 16.2 Å². The summed E-state index contributed by atoms with van der Waals surface area (Å²) in [6, 6.07) is 23.9. The van der Waals surface area contributed by atoms with Crippen molar-refractivity contribution in [1.29, 1.82) is 0 Å². The third-order valence-electron chi connectivity index (χ3n) is 6.40. The summed E-state index contributed by atoms with van der Waals surface area (Å²) in [6.45, 7) is 2.03. The van der Waals surface area contributed by atoms with Crippen molar-refractivity contribution < 1.29 is 5.11 Å². The molecule has 0 saturated heterocycles. The molecule has 1 aliphatic rings. The van der Waals surface area contributed by atoms with E-state index in [1.807, 2.05) is 61.5 Å². The molecule has 0 saturated carbocycles. The van der Waals surface area contributed by atoms with Gasteiger partial charge in [0.05, 0.1) is 11.4 Å². The van der Waals surface area contributed by atoms with Crippen LogP contribution in [0.4, 0.5) is 0 Å². The van der Waals surface area contributed by atoms with E-state index in [9.17, 15) is 5.11 Å². The molecule has 3 aromatic carbocycles. The van der Waals surface area contributed by atoms with Gasteiger partial charge in [0, 0.05) is 28.0 Å². The number of imidazole rings is 1. The molecule has 0 aliphatic carbocycles. The van der Waals surface area contributed by atoms with E-state index in [1.54, 1.807) is 4.57 Å². The van der Waals surface area contributed by atoms with Gasteiger partial charge in [-0.25, -0.2) is 0 Å². The maximum absolute atomic E-state index is 11.4. The lowest BCUT2D eigenvalue weighted by Crippen LogP contribution is -2.21. The Morgan fingerprint density at radius 1 is 1.03 bits per heavy atom. The molecule has 32 heavy (non-hydrogen) atoms. The number of benzene rings is 3. The molecule has 2 aromatic heterocycles. The predicted octanol–water partition coefficient (Wildman–Crippen LogP) is 6.70. The van der Waals surface area contributed by atoms with Crippen molar-refractivity contribution in [3.05, 3.63) is 111 Å². The Bertz CT molecular complexity index is 1580. The van der Waals surface area contributed by atoms with Gasteiger partial charge in [-0.05, 0) is 60.1 Å². The third-order valence-corrected chi connectivity index (χ3v) is 7.02. The first-order valence-electron chi connectivity index (χ1n) is 10.5. The van der Waals surface area contributed by atoms with E-state index >= 15 is 0 Å². The number of aryl methyl sites for hydroxylation is 1. The molecular weight excluding hydrogens is 438 g/mol. The average Bonchev–Trinajstić information content (AvgIpc) is 3.28. The monoisotopic (exact) mass is 457 g/mol. The molecule has 1 unspecified atom stereocenters. The molecule has 0 fully saturated rings.